The molecule has 3 N–H and O–H groups in total. The molecule has 0 aliphatic carbocycles. The molecule has 3 heterocycles. The Morgan fingerprint density at radius 1 is 1.18 bits per heavy atom. The van der Waals surface area contributed by atoms with Gasteiger partial charge in [-0.25, -0.2) is 28.3 Å². The van der Waals surface area contributed by atoms with Crippen LogP contribution < -0.4 is 20.5 Å². The van der Waals surface area contributed by atoms with Crippen LogP contribution in [0.5, 0.6) is 0 Å². The lowest BCUT2D eigenvalue weighted by Crippen LogP contribution is -2.81. The lowest BCUT2D eigenvalue weighted by atomic mass is 9.82. The van der Waals surface area contributed by atoms with E-state index in [1.54, 1.807) is 50.5 Å². The minimum absolute atomic E-state index is 0.0855. The normalized spacial score (nSPS) is 13.6. The van der Waals surface area contributed by atoms with E-state index in [-0.39, 0.29) is 37.6 Å². The molecule has 2 aromatic carbocycles. The Balaban J connectivity index is 1.35. The number of carbonyl (C=O) groups excluding carboxylic acids is 2. The van der Waals surface area contributed by atoms with E-state index in [9.17, 15) is 24.8 Å². The molecule has 0 aliphatic heterocycles. The predicted molar refractivity (Wildman–Crippen MR) is 181 cm³/mol. The maximum absolute atomic E-state index is 15.3. The van der Waals surface area contributed by atoms with E-state index < -0.39 is 41.4 Å². The third-order valence-corrected chi connectivity index (χ3v) is 9.38. The minimum Gasteiger partial charge on any atom is -0.457 e. The van der Waals surface area contributed by atoms with Crippen LogP contribution in [0, 0.1) is 11.6 Å². The monoisotopic (exact) mass is 720 g/mol. The summed E-state index contributed by atoms with van der Waals surface area (Å²) in [5.74, 6) is -2.54. The first-order valence-electron chi connectivity index (χ1n) is 16.0. The SMILES string of the molecule is C[NH2+]CC(=O)OCc1cccnc1N(C)C(=O)OC(C)[n+]1cnn(C[C@](O)(c2cc(F)ccc2F)[C@@H](C)c2nc(-c3ccc(C[N])cc3)cs2)c1. The Bertz CT molecular complexity index is 1970. The maximum Gasteiger partial charge on any atom is 0.418 e. The van der Waals surface area contributed by atoms with Crippen LogP contribution in [-0.4, -0.2) is 57.6 Å². The molecule has 16 heteroatoms. The largest absolute Gasteiger partial charge is 0.457 e. The number of hydrogen-bond acceptors (Lipinski definition) is 9. The number of benzene rings is 2. The topological polar surface area (TPSA) is 162 Å². The van der Waals surface area contributed by atoms with Gasteiger partial charge in [-0.3, -0.25) is 4.90 Å². The van der Waals surface area contributed by atoms with Gasteiger partial charge in [-0.05, 0) is 29.8 Å². The number of quaternary nitrogens is 1. The second-order valence-electron chi connectivity index (χ2n) is 11.9. The van der Waals surface area contributed by atoms with E-state index in [2.05, 4.69) is 10.1 Å². The molecule has 266 valence electrons. The van der Waals surface area contributed by atoms with Gasteiger partial charge in [0.1, 0.15) is 36.2 Å². The van der Waals surface area contributed by atoms with Crippen LogP contribution in [0.3, 0.4) is 0 Å². The number of ether oxygens (including phenoxy) is 2. The van der Waals surface area contributed by atoms with Crippen LogP contribution in [0.2, 0.25) is 0 Å². The molecule has 51 heavy (non-hydrogen) atoms. The Hall–Kier alpha value is -5.16. The molecule has 1 amide bonds. The Morgan fingerprint density at radius 2 is 1.94 bits per heavy atom. The fourth-order valence-electron chi connectivity index (χ4n) is 5.35. The number of halogens is 2. The highest BCUT2D eigenvalue weighted by atomic mass is 32.1. The quantitative estimate of drug-likeness (QED) is 0.131. The number of carbonyl (C=O) groups is 2. The van der Waals surface area contributed by atoms with Crippen molar-refractivity contribution in [1.29, 1.82) is 0 Å². The van der Waals surface area contributed by atoms with Gasteiger partial charge < -0.3 is 19.9 Å². The van der Waals surface area contributed by atoms with Crippen molar-refractivity contribution in [2.75, 3.05) is 25.5 Å². The highest BCUT2D eigenvalue weighted by molar-refractivity contribution is 7.10. The average Bonchev–Trinajstić information content (AvgIpc) is 3.82. The molecule has 0 bridgehead atoms. The van der Waals surface area contributed by atoms with E-state index in [1.807, 2.05) is 17.5 Å². The fraction of sp³-hybridized carbons (Fsp3) is 0.314. The van der Waals surface area contributed by atoms with E-state index in [0.29, 0.717) is 16.3 Å². The van der Waals surface area contributed by atoms with Crippen molar-refractivity contribution in [3.05, 3.63) is 112 Å². The molecule has 5 aromatic rings. The summed E-state index contributed by atoms with van der Waals surface area (Å²) in [5.41, 5.74) is 9.74. The maximum atomic E-state index is 15.3. The molecule has 0 saturated carbocycles. The van der Waals surface area contributed by atoms with E-state index in [4.69, 9.17) is 14.5 Å². The van der Waals surface area contributed by atoms with E-state index >= 15 is 4.39 Å². The number of rotatable bonds is 14. The first-order chi connectivity index (χ1) is 24.4. The van der Waals surface area contributed by atoms with Gasteiger partial charge in [0.05, 0.1) is 24.3 Å². The molecule has 5 rings (SSSR count). The Labute approximate surface area is 297 Å². The highest BCUT2D eigenvalue weighted by Crippen LogP contribution is 2.41. The zero-order valence-electron chi connectivity index (χ0n) is 28.4. The van der Waals surface area contributed by atoms with Gasteiger partial charge in [0.2, 0.25) is 12.6 Å². The molecule has 0 saturated heterocycles. The Kier molecular flexibility index (Phi) is 11.8. The third kappa shape index (κ3) is 8.60. The number of anilines is 1. The molecule has 0 aliphatic rings. The van der Waals surface area contributed by atoms with Crippen LogP contribution in [-0.2, 0) is 39.6 Å². The number of thiazole rings is 1. The van der Waals surface area contributed by atoms with Gasteiger partial charge in [-0.2, -0.15) is 4.57 Å². The standard InChI is InChI=1S/C35H37F2N8O5S/c1-22(33-42-30(18-51-33)25-9-7-24(15-38)8-10-25)35(48,28-14-27(36)11-12-29(28)37)19-45-21-44(20-41-45)23(2)50-34(47)43(4)32-26(6-5-13-40-32)17-49-31(46)16-39-3/h5-14,18,20-23,39,48H,15-17,19H2,1-4H3/q+1/p+1/t22-,23?,35+/m0/s1. The number of pyridine rings is 1. The number of likely N-dealkylation sites (N-methyl/N-ethyl adjacent to an activating group) is 1. The summed E-state index contributed by atoms with van der Waals surface area (Å²) in [5, 5.41) is 20.5. The molecule has 3 aromatic heterocycles. The van der Waals surface area contributed by atoms with Gasteiger partial charge in [0.15, 0.2) is 6.54 Å². The zero-order valence-corrected chi connectivity index (χ0v) is 29.3. The molecule has 1 unspecified atom stereocenters. The number of aromatic nitrogens is 5. The predicted octanol–water partition coefficient (Wildman–Crippen LogP) is 3.26. The van der Waals surface area contributed by atoms with Gasteiger partial charge in [-0.15, -0.1) is 21.8 Å². The minimum atomic E-state index is -2.03. The van der Waals surface area contributed by atoms with Crippen molar-refractivity contribution in [1.82, 2.24) is 25.5 Å². The fourth-order valence-corrected chi connectivity index (χ4v) is 6.32. The number of amides is 1. The number of nitrogens with two attached hydrogens (primary N) is 1. The van der Waals surface area contributed by atoms with Gasteiger partial charge >= 0.3 is 12.1 Å². The van der Waals surface area contributed by atoms with Gasteiger partial charge in [0.25, 0.3) is 6.33 Å². The van der Waals surface area contributed by atoms with Crippen molar-refractivity contribution in [3.63, 3.8) is 0 Å². The van der Waals surface area contributed by atoms with Crippen molar-refractivity contribution in [2.24, 2.45) is 0 Å². The summed E-state index contributed by atoms with van der Waals surface area (Å²) in [7, 11) is 3.22. The molecule has 2 radical (unpaired) electrons. The lowest BCUT2D eigenvalue weighted by Gasteiger charge is -2.32. The Morgan fingerprint density at radius 3 is 2.67 bits per heavy atom. The second kappa shape index (κ2) is 16.2. The summed E-state index contributed by atoms with van der Waals surface area (Å²) < 4.78 is 43.6. The number of aliphatic hydroxyl groups is 1. The first kappa shape index (κ1) is 37.1. The van der Waals surface area contributed by atoms with Crippen molar-refractivity contribution in [2.45, 2.75) is 51.3 Å². The van der Waals surface area contributed by atoms with Crippen molar-refractivity contribution < 1.29 is 42.8 Å². The lowest BCUT2D eigenvalue weighted by molar-refractivity contribution is -0.753. The van der Waals surface area contributed by atoms with Crippen LogP contribution in [0.4, 0.5) is 19.4 Å². The van der Waals surface area contributed by atoms with E-state index in [1.165, 1.54) is 51.4 Å². The number of esters is 1. The van der Waals surface area contributed by atoms with Crippen LogP contribution in [0.25, 0.3) is 11.3 Å². The van der Waals surface area contributed by atoms with Crippen LogP contribution in [0.15, 0.2) is 78.8 Å². The summed E-state index contributed by atoms with van der Waals surface area (Å²) >= 11 is 1.26. The molecule has 3 atom stereocenters. The van der Waals surface area contributed by atoms with E-state index in [0.717, 1.165) is 29.3 Å². The van der Waals surface area contributed by atoms with Crippen molar-refractivity contribution >= 4 is 29.2 Å². The summed E-state index contributed by atoms with van der Waals surface area (Å²) in [6.45, 7) is 2.94. The average molecular weight is 721 g/mol. The van der Waals surface area contributed by atoms with Gasteiger partial charge in [0, 0.05) is 53.3 Å². The number of nitrogens with zero attached hydrogens (tertiary/aromatic N) is 7. The van der Waals surface area contributed by atoms with Crippen LogP contribution in [0.1, 0.15) is 47.7 Å². The second-order valence-corrected chi connectivity index (χ2v) is 12.8. The molecular weight excluding hydrogens is 682 g/mol. The molecular formula is C35H38F2N8O5S+2. The van der Waals surface area contributed by atoms with Gasteiger partial charge in [-0.1, -0.05) is 37.3 Å². The van der Waals surface area contributed by atoms with Crippen LogP contribution >= 0.6 is 11.3 Å². The third-order valence-electron chi connectivity index (χ3n) is 8.35. The van der Waals surface area contributed by atoms with Crippen molar-refractivity contribution in [3.8, 4) is 11.3 Å². The molecule has 0 spiro atoms. The summed E-state index contributed by atoms with van der Waals surface area (Å²) in [6.07, 6.45) is 2.69. The smallest absolute Gasteiger partial charge is 0.418 e. The summed E-state index contributed by atoms with van der Waals surface area (Å²) in [6, 6.07) is 13.4. The first-order valence-corrected chi connectivity index (χ1v) is 16.9. The molecule has 13 nitrogen and oxygen atoms in total. The highest BCUT2D eigenvalue weighted by Gasteiger charge is 2.43. The zero-order chi connectivity index (χ0) is 36.7. The number of hydrogen-bond donors (Lipinski definition) is 2. The molecule has 0 fully saturated rings. The summed E-state index contributed by atoms with van der Waals surface area (Å²) in [4.78, 5) is 35.2.